The van der Waals surface area contributed by atoms with E-state index < -0.39 is 0 Å². The van der Waals surface area contributed by atoms with Gasteiger partial charge >= 0.3 is 0 Å². The van der Waals surface area contributed by atoms with Crippen LogP contribution in [0, 0.1) is 5.82 Å². The Morgan fingerprint density at radius 2 is 1.86 bits per heavy atom. The van der Waals surface area contributed by atoms with Gasteiger partial charge in [-0.1, -0.05) is 6.07 Å². The van der Waals surface area contributed by atoms with Crippen LogP contribution in [0.3, 0.4) is 0 Å². The molecule has 0 saturated carbocycles. The van der Waals surface area contributed by atoms with Crippen molar-refractivity contribution < 1.29 is 13.9 Å². The van der Waals surface area contributed by atoms with Gasteiger partial charge in [-0.25, -0.2) is 9.38 Å². The van der Waals surface area contributed by atoms with Crippen molar-refractivity contribution >= 4 is 17.6 Å². The molecule has 29 heavy (non-hydrogen) atoms. The third-order valence-electron chi connectivity index (χ3n) is 3.91. The normalized spacial score (nSPS) is 11.0. The Labute approximate surface area is 168 Å². The molecule has 0 aliphatic rings. The zero-order valence-corrected chi connectivity index (χ0v) is 15.9. The first kappa shape index (κ1) is 20.0. The SMILES string of the molecule is CCOc1ccc(C(=O)NC(=NCc2cccnc2)Nc2ccc(F)cc2)cc1. The summed E-state index contributed by atoms with van der Waals surface area (Å²) < 4.78 is 18.6. The highest BCUT2D eigenvalue weighted by Gasteiger charge is 2.10. The van der Waals surface area contributed by atoms with Gasteiger partial charge in [0, 0.05) is 23.6 Å². The number of ether oxygens (including phenoxy) is 1. The molecule has 1 heterocycles. The van der Waals surface area contributed by atoms with Crippen LogP contribution >= 0.6 is 0 Å². The molecule has 6 nitrogen and oxygen atoms in total. The highest BCUT2D eigenvalue weighted by Crippen LogP contribution is 2.13. The highest BCUT2D eigenvalue weighted by molar-refractivity contribution is 6.09. The summed E-state index contributed by atoms with van der Waals surface area (Å²) in [7, 11) is 0. The molecule has 0 spiro atoms. The molecule has 0 bridgehead atoms. The fourth-order valence-corrected chi connectivity index (χ4v) is 2.49. The number of aromatic nitrogens is 1. The van der Waals surface area contributed by atoms with Crippen LogP contribution < -0.4 is 15.4 Å². The summed E-state index contributed by atoms with van der Waals surface area (Å²) in [6, 6.07) is 16.3. The molecule has 0 saturated heterocycles. The maximum Gasteiger partial charge on any atom is 0.257 e. The average molecular weight is 392 g/mol. The number of carbonyl (C=O) groups excluding carboxylic acids is 1. The summed E-state index contributed by atoms with van der Waals surface area (Å²) in [6.45, 7) is 2.77. The van der Waals surface area contributed by atoms with Gasteiger partial charge in [0.15, 0.2) is 0 Å². The number of aliphatic imine (C=N–C) groups is 1. The minimum Gasteiger partial charge on any atom is -0.494 e. The van der Waals surface area contributed by atoms with Gasteiger partial charge in [-0.3, -0.25) is 15.1 Å². The summed E-state index contributed by atoms with van der Waals surface area (Å²) in [5, 5.41) is 5.78. The molecule has 7 heteroatoms. The number of benzene rings is 2. The minimum absolute atomic E-state index is 0.249. The van der Waals surface area contributed by atoms with Gasteiger partial charge in [-0.2, -0.15) is 0 Å². The predicted octanol–water partition coefficient (Wildman–Crippen LogP) is 4.02. The Balaban J connectivity index is 1.75. The van der Waals surface area contributed by atoms with Crippen LogP contribution in [0.4, 0.5) is 10.1 Å². The molecule has 3 rings (SSSR count). The predicted molar refractivity (Wildman–Crippen MR) is 110 cm³/mol. The number of hydrogen-bond acceptors (Lipinski definition) is 4. The molecule has 3 aromatic rings. The first-order chi connectivity index (χ1) is 14.1. The van der Waals surface area contributed by atoms with Crippen LogP contribution in [-0.4, -0.2) is 23.5 Å². The van der Waals surface area contributed by atoms with E-state index in [1.54, 1.807) is 48.8 Å². The molecule has 0 aliphatic heterocycles. The number of halogens is 1. The van der Waals surface area contributed by atoms with Crippen LogP contribution in [-0.2, 0) is 6.54 Å². The van der Waals surface area contributed by atoms with Crippen LogP contribution in [0.2, 0.25) is 0 Å². The number of guanidine groups is 1. The lowest BCUT2D eigenvalue weighted by Gasteiger charge is -2.12. The van der Waals surface area contributed by atoms with E-state index in [0.717, 1.165) is 5.56 Å². The molecule has 0 fully saturated rings. The zero-order valence-electron chi connectivity index (χ0n) is 15.9. The number of pyridine rings is 1. The number of carbonyl (C=O) groups is 1. The summed E-state index contributed by atoms with van der Waals surface area (Å²) in [6.07, 6.45) is 3.38. The third-order valence-corrected chi connectivity index (χ3v) is 3.91. The Hall–Kier alpha value is -3.74. The van der Waals surface area contributed by atoms with Crippen molar-refractivity contribution in [1.29, 1.82) is 0 Å². The Morgan fingerprint density at radius 1 is 1.10 bits per heavy atom. The van der Waals surface area contributed by atoms with Crippen molar-refractivity contribution in [2.24, 2.45) is 4.99 Å². The maximum atomic E-state index is 13.2. The lowest BCUT2D eigenvalue weighted by atomic mass is 10.2. The number of nitrogens with one attached hydrogen (secondary N) is 2. The van der Waals surface area contributed by atoms with E-state index in [1.165, 1.54) is 12.1 Å². The molecule has 2 N–H and O–H groups in total. The van der Waals surface area contributed by atoms with Crippen LogP contribution in [0.25, 0.3) is 0 Å². The lowest BCUT2D eigenvalue weighted by Crippen LogP contribution is -2.36. The van der Waals surface area contributed by atoms with Crippen LogP contribution in [0.1, 0.15) is 22.8 Å². The van der Waals surface area contributed by atoms with Crippen LogP contribution in [0.15, 0.2) is 78.0 Å². The molecular formula is C22H21FN4O2. The smallest absolute Gasteiger partial charge is 0.257 e. The number of hydrogen-bond donors (Lipinski definition) is 2. The Morgan fingerprint density at radius 3 is 2.52 bits per heavy atom. The van der Waals surface area contributed by atoms with Crippen molar-refractivity contribution in [2.75, 3.05) is 11.9 Å². The van der Waals surface area contributed by atoms with E-state index in [4.69, 9.17) is 4.74 Å². The van der Waals surface area contributed by atoms with E-state index in [9.17, 15) is 9.18 Å². The van der Waals surface area contributed by atoms with Gasteiger partial charge < -0.3 is 10.1 Å². The summed E-state index contributed by atoms with van der Waals surface area (Å²) in [5.74, 6) is 0.272. The fraction of sp³-hybridized carbons (Fsp3) is 0.136. The van der Waals surface area contributed by atoms with Crippen molar-refractivity contribution in [3.63, 3.8) is 0 Å². The number of rotatable bonds is 6. The molecule has 148 valence electrons. The van der Waals surface area contributed by atoms with Gasteiger partial charge in [0.1, 0.15) is 11.6 Å². The number of anilines is 1. The third kappa shape index (κ3) is 6.14. The molecule has 0 aliphatic carbocycles. The number of nitrogens with zero attached hydrogens (tertiary/aromatic N) is 2. The van der Waals surface area contributed by atoms with Crippen molar-refractivity contribution in [3.05, 3.63) is 90.0 Å². The maximum absolute atomic E-state index is 13.2. The summed E-state index contributed by atoms with van der Waals surface area (Å²) in [4.78, 5) is 21.1. The van der Waals surface area contributed by atoms with E-state index in [1.807, 2.05) is 19.1 Å². The van der Waals surface area contributed by atoms with E-state index in [0.29, 0.717) is 30.2 Å². The van der Waals surface area contributed by atoms with E-state index in [-0.39, 0.29) is 17.7 Å². The van der Waals surface area contributed by atoms with E-state index in [2.05, 4.69) is 20.6 Å². The monoisotopic (exact) mass is 392 g/mol. The van der Waals surface area contributed by atoms with Crippen molar-refractivity contribution in [3.8, 4) is 5.75 Å². The van der Waals surface area contributed by atoms with Gasteiger partial charge in [-0.15, -0.1) is 0 Å². The first-order valence-corrected chi connectivity index (χ1v) is 9.14. The highest BCUT2D eigenvalue weighted by atomic mass is 19.1. The number of amides is 1. The second-order valence-corrected chi connectivity index (χ2v) is 6.07. The zero-order chi connectivity index (χ0) is 20.5. The molecule has 2 aromatic carbocycles. The summed E-state index contributed by atoms with van der Waals surface area (Å²) >= 11 is 0. The molecule has 0 atom stereocenters. The molecule has 0 unspecified atom stereocenters. The first-order valence-electron chi connectivity index (χ1n) is 9.14. The Bertz CT molecular complexity index is 958. The van der Waals surface area contributed by atoms with Crippen molar-refractivity contribution in [2.45, 2.75) is 13.5 Å². The average Bonchev–Trinajstić information content (AvgIpc) is 2.75. The van der Waals surface area contributed by atoms with Gasteiger partial charge in [0.25, 0.3) is 5.91 Å². The Kier molecular flexibility index (Phi) is 6.89. The van der Waals surface area contributed by atoms with E-state index >= 15 is 0 Å². The van der Waals surface area contributed by atoms with Gasteiger partial charge in [0.05, 0.1) is 13.2 Å². The molecule has 0 radical (unpaired) electrons. The fourth-order valence-electron chi connectivity index (χ4n) is 2.49. The topological polar surface area (TPSA) is 75.6 Å². The second kappa shape index (κ2) is 9.98. The second-order valence-electron chi connectivity index (χ2n) is 6.07. The minimum atomic E-state index is -0.345. The lowest BCUT2D eigenvalue weighted by molar-refractivity contribution is 0.0977. The van der Waals surface area contributed by atoms with Crippen LogP contribution in [0.5, 0.6) is 5.75 Å². The molecular weight excluding hydrogens is 371 g/mol. The molecule has 1 aromatic heterocycles. The van der Waals surface area contributed by atoms with Gasteiger partial charge in [0.2, 0.25) is 5.96 Å². The van der Waals surface area contributed by atoms with Gasteiger partial charge in [-0.05, 0) is 67.1 Å². The standard InChI is InChI=1S/C22H21FN4O2/c1-2-29-20-11-5-17(6-12-20)21(28)27-22(25-15-16-4-3-13-24-14-16)26-19-9-7-18(23)8-10-19/h3-14H,2,15H2,1H3,(H2,25,26,27,28). The van der Waals surface area contributed by atoms with Crippen molar-refractivity contribution in [1.82, 2.24) is 10.3 Å². The summed E-state index contributed by atoms with van der Waals surface area (Å²) in [5.41, 5.74) is 1.95. The molecule has 1 amide bonds. The quantitative estimate of drug-likeness (QED) is 0.491. The largest absolute Gasteiger partial charge is 0.494 e.